The third kappa shape index (κ3) is 3.60. The number of aromatic nitrogens is 2. The Morgan fingerprint density at radius 2 is 1.76 bits per heavy atom. The number of aryl methyl sites for hydroxylation is 1. The molecule has 0 radical (unpaired) electrons. The van der Waals surface area contributed by atoms with E-state index in [2.05, 4.69) is 63.3 Å². The molecule has 1 heterocycles. The summed E-state index contributed by atoms with van der Waals surface area (Å²) in [7, 11) is 0. The number of anilines is 1. The van der Waals surface area contributed by atoms with Crippen LogP contribution in [-0.2, 0) is 11.8 Å². The molecule has 1 N–H and O–H groups in total. The highest BCUT2D eigenvalue weighted by molar-refractivity contribution is 5.40. The lowest BCUT2D eigenvalue weighted by atomic mass is 9.83. The molecule has 21 heavy (non-hydrogen) atoms. The summed E-state index contributed by atoms with van der Waals surface area (Å²) < 4.78 is 0. The molecule has 0 aliphatic rings. The van der Waals surface area contributed by atoms with Gasteiger partial charge in [0.15, 0.2) is 0 Å². The average Bonchev–Trinajstić information content (AvgIpc) is 2.53. The Hall–Kier alpha value is -1.90. The summed E-state index contributed by atoms with van der Waals surface area (Å²) in [6.07, 6.45) is 2.00. The highest BCUT2D eigenvalue weighted by Crippen LogP contribution is 2.29. The Balaban J connectivity index is 2.41. The smallest absolute Gasteiger partial charge is 0.140 e. The lowest BCUT2D eigenvalue weighted by Crippen LogP contribution is -2.23. The van der Waals surface area contributed by atoms with Crippen LogP contribution in [0.1, 0.15) is 51.2 Å². The van der Waals surface area contributed by atoms with E-state index in [4.69, 9.17) is 9.97 Å². The zero-order valence-corrected chi connectivity index (χ0v) is 13.5. The first-order valence-electron chi connectivity index (χ1n) is 7.75. The minimum atomic E-state index is -0.199. The Kier molecular flexibility index (Phi) is 4.94. The molecule has 0 spiro atoms. The molecule has 1 aromatic heterocycles. The molecule has 0 aliphatic heterocycles. The van der Waals surface area contributed by atoms with Gasteiger partial charge in [-0.15, -0.1) is 0 Å². The van der Waals surface area contributed by atoms with Gasteiger partial charge in [-0.3, -0.25) is 0 Å². The van der Waals surface area contributed by atoms with Crippen molar-refractivity contribution in [3.05, 3.63) is 53.5 Å². The van der Waals surface area contributed by atoms with E-state index in [0.29, 0.717) is 0 Å². The van der Waals surface area contributed by atoms with Crippen molar-refractivity contribution in [2.24, 2.45) is 0 Å². The van der Waals surface area contributed by atoms with E-state index in [9.17, 15) is 0 Å². The zero-order chi connectivity index (χ0) is 15.3. The molecular formula is C18H25N3. The minimum Gasteiger partial charge on any atom is -0.370 e. The van der Waals surface area contributed by atoms with E-state index in [1.807, 2.05) is 6.07 Å². The van der Waals surface area contributed by atoms with Crippen molar-refractivity contribution < 1.29 is 0 Å². The van der Waals surface area contributed by atoms with Gasteiger partial charge in [0.25, 0.3) is 0 Å². The van der Waals surface area contributed by atoms with Crippen molar-refractivity contribution >= 4 is 5.82 Å². The summed E-state index contributed by atoms with van der Waals surface area (Å²) in [4.78, 5) is 9.50. The topological polar surface area (TPSA) is 37.8 Å². The SMILES string of the molecule is CCCNc1cc(CC)nc(C(C)(C)c2ccccc2)n1. The van der Waals surface area contributed by atoms with E-state index in [-0.39, 0.29) is 5.41 Å². The highest BCUT2D eigenvalue weighted by Gasteiger charge is 2.27. The first-order valence-corrected chi connectivity index (χ1v) is 7.75. The fourth-order valence-corrected chi connectivity index (χ4v) is 2.29. The normalized spacial score (nSPS) is 11.4. The monoisotopic (exact) mass is 283 g/mol. The van der Waals surface area contributed by atoms with Crippen LogP contribution in [-0.4, -0.2) is 16.5 Å². The maximum atomic E-state index is 4.76. The summed E-state index contributed by atoms with van der Waals surface area (Å²) in [5, 5.41) is 3.38. The molecule has 0 fully saturated rings. The lowest BCUT2D eigenvalue weighted by molar-refractivity contribution is 0.586. The molecule has 1 aromatic carbocycles. The quantitative estimate of drug-likeness (QED) is 0.864. The summed E-state index contributed by atoms with van der Waals surface area (Å²) in [6, 6.07) is 12.5. The van der Waals surface area contributed by atoms with Gasteiger partial charge in [-0.25, -0.2) is 9.97 Å². The van der Waals surface area contributed by atoms with Crippen LogP contribution in [0.15, 0.2) is 36.4 Å². The van der Waals surface area contributed by atoms with Crippen LogP contribution in [0.4, 0.5) is 5.82 Å². The van der Waals surface area contributed by atoms with Crippen molar-refractivity contribution in [2.75, 3.05) is 11.9 Å². The molecule has 0 saturated carbocycles. The predicted octanol–water partition coefficient (Wildman–Crippen LogP) is 4.19. The fourth-order valence-electron chi connectivity index (χ4n) is 2.29. The Labute approximate surface area is 127 Å². The van der Waals surface area contributed by atoms with Crippen molar-refractivity contribution in [1.29, 1.82) is 0 Å². The largest absolute Gasteiger partial charge is 0.370 e. The van der Waals surface area contributed by atoms with Crippen LogP contribution in [0.25, 0.3) is 0 Å². The molecule has 0 atom stereocenters. The molecule has 0 aliphatic carbocycles. The molecule has 0 amide bonds. The molecule has 3 nitrogen and oxygen atoms in total. The number of hydrogen-bond donors (Lipinski definition) is 1. The van der Waals surface area contributed by atoms with Gasteiger partial charge in [-0.05, 0) is 32.3 Å². The number of hydrogen-bond acceptors (Lipinski definition) is 3. The van der Waals surface area contributed by atoms with Gasteiger partial charge < -0.3 is 5.32 Å². The van der Waals surface area contributed by atoms with Gasteiger partial charge in [0.2, 0.25) is 0 Å². The average molecular weight is 283 g/mol. The summed E-state index contributed by atoms with van der Waals surface area (Å²) >= 11 is 0. The van der Waals surface area contributed by atoms with Gasteiger partial charge in [-0.2, -0.15) is 0 Å². The molecule has 3 heteroatoms. The third-order valence-electron chi connectivity index (χ3n) is 3.75. The standard InChI is InChI=1S/C18H25N3/c1-5-12-19-16-13-15(6-2)20-17(21-16)18(3,4)14-10-8-7-9-11-14/h7-11,13H,5-6,12H2,1-4H3,(H,19,20,21). The number of nitrogens with one attached hydrogen (secondary N) is 1. The molecule has 0 bridgehead atoms. The Bertz CT molecular complexity index is 576. The van der Waals surface area contributed by atoms with Crippen LogP contribution < -0.4 is 5.32 Å². The van der Waals surface area contributed by atoms with E-state index in [1.54, 1.807) is 0 Å². The van der Waals surface area contributed by atoms with Gasteiger partial charge in [0, 0.05) is 23.7 Å². The van der Waals surface area contributed by atoms with Crippen LogP contribution in [0.3, 0.4) is 0 Å². The third-order valence-corrected chi connectivity index (χ3v) is 3.75. The fraction of sp³-hybridized carbons (Fsp3) is 0.444. The molecule has 0 saturated heterocycles. The van der Waals surface area contributed by atoms with Gasteiger partial charge in [0.1, 0.15) is 11.6 Å². The second kappa shape index (κ2) is 6.70. The zero-order valence-electron chi connectivity index (χ0n) is 13.5. The van der Waals surface area contributed by atoms with Crippen molar-refractivity contribution in [1.82, 2.24) is 9.97 Å². The maximum Gasteiger partial charge on any atom is 0.140 e. The molecule has 0 unspecified atom stereocenters. The highest BCUT2D eigenvalue weighted by atomic mass is 15.0. The summed E-state index contributed by atoms with van der Waals surface area (Å²) in [6.45, 7) is 9.59. The minimum absolute atomic E-state index is 0.199. The number of benzene rings is 1. The van der Waals surface area contributed by atoms with Gasteiger partial charge >= 0.3 is 0 Å². The van der Waals surface area contributed by atoms with Crippen LogP contribution >= 0.6 is 0 Å². The molecular weight excluding hydrogens is 258 g/mol. The van der Waals surface area contributed by atoms with E-state index < -0.39 is 0 Å². The van der Waals surface area contributed by atoms with Crippen LogP contribution in [0.2, 0.25) is 0 Å². The summed E-state index contributed by atoms with van der Waals surface area (Å²) in [5.74, 6) is 1.81. The first-order chi connectivity index (χ1) is 10.1. The number of rotatable bonds is 6. The molecule has 2 rings (SSSR count). The Morgan fingerprint density at radius 1 is 1.05 bits per heavy atom. The van der Waals surface area contributed by atoms with E-state index in [1.165, 1.54) is 5.56 Å². The van der Waals surface area contributed by atoms with Gasteiger partial charge in [0.05, 0.1) is 0 Å². The van der Waals surface area contributed by atoms with E-state index >= 15 is 0 Å². The maximum absolute atomic E-state index is 4.76. The van der Waals surface area contributed by atoms with Crippen LogP contribution in [0, 0.1) is 0 Å². The molecule has 112 valence electrons. The van der Waals surface area contributed by atoms with Crippen LogP contribution in [0.5, 0.6) is 0 Å². The second-order valence-corrected chi connectivity index (χ2v) is 5.84. The van der Waals surface area contributed by atoms with Gasteiger partial charge in [-0.1, -0.05) is 44.2 Å². The predicted molar refractivity (Wildman–Crippen MR) is 88.8 cm³/mol. The molecule has 2 aromatic rings. The van der Waals surface area contributed by atoms with E-state index in [0.717, 1.165) is 36.7 Å². The van der Waals surface area contributed by atoms with Crippen molar-refractivity contribution in [3.8, 4) is 0 Å². The lowest BCUT2D eigenvalue weighted by Gasteiger charge is -2.24. The van der Waals surface area contributed by atoms with Crippen molar-refractivity contribution in [2.45, 2.75) is 46.0 Å². The number of nitrogens with zero attached hydrogens (tertiary/aromatic N) is 2. The van der Waals surface area contributed by atoms with Crippen molar-refractivity contribution in [3.63, 3.8) is 0 Å². The second-order valence-electron chi connectivity index (χ2n) is 5.84. The summed E-state index contributed by atoms with van der Waals surface area (Å²) in [5.41, 5.74) is 2.12. The Morgan fingerprint density at radius 3 is 2.38 bits per heavy atom. The first kappa shape index (κ1) is 15.5.